The molecule has 0 aliphatic carbocycles. The molecule has 2 heterocycles. The van der Waals surface area contributed by atoms with Crippen LogP contribution in [0.15, 0.2) is 315 Å². The molecule has 15 aromatic rings. The third kappa shape index (κ3) is 8.30. The minimum Gasteiger partial charge on any atom is -0.309 e. The number of para-hydroxylation sites is 4. The number of aromatic nitrogens is 2. The fraction of sp³-hybridized carbons (Fsp3) is 0. The molecule has 15 rings (SSSR count). The van der Waals surface area contributed by atoms with Gasteiger partial charge >= 0.3 is 0 Å². The summed E-state index contributed by atoms with van der Waals surface area (Å²) in [5.74, 6) is 0. The summed E-state index contributed by atoms with van der Waals surface area (Å²) in [6, 6.07) is 115. The van der Waals surface area contributed by atoms with E-state index in [-0.39, 0.29) is 0 Å². The Morgan fingerprint density at radius 2 is 0.412 bits per heavy atom. The highest BCUT2D eigenvalue weighted by atomic mass is 15.0. The number of fused-ring (bicyclic) bond motifs is 6. The molecule has 2 aromatic heterocycles. The van der Waals surface area contributed by atoms with E-state index in [0.29, 0.717) is 0 Å². The largest absolute Gasteiger partial charge is 0.309 e. The zero-order valence-corrected chi connectivity index (χ0v) is 43.9. The molecule has 0 aliphatic rings. The zero-order valence-electron chi connectivity index (χ0n) is 43.9. The number of rotatable bonds is 10. The van der Waals surface area contributed by atoms with Crippen molar-refractivity contribution in [2.75, 3.05) is 0 Å². The van der Waals surface area contributed by atoms with Gasteiger partial charge in [-0.3, -0.25) is 0 Å². The lowest BCUT2D eigenvalue weighted by atomic mass is 9.94. The second kappa shape index (κ2) is 19.8. The first kappa shape index (κ1) is 46.7. The van der Waals surface area contributed by atoms with Crippen LogP contribution in [-0.2, 0) is 0 Å². The van der Waals surface area contributed by atoms with Crippen molar-refractivity contribution in [2.45, 2.75) is 0 Å². The molecule has 13 aromatic carbocycles. The van der Waals surface area contributed by atoms with Gasteiger partial charge in [0, 0.05) is 32.7 Å². The molecule has 0 amide bonds. The summed E-state index contributed by atoms with van der Waals surface area (Å²) in [4.78, 5) is 0. The normalized spacial score (nSPS) is 11.5. The van der Waals surface area contributed by atoms with Crippen LogP contribution < -0.4 is 0 Å². The van der Waals surface area contributed by atoms with Crippen LogP contribution in [-0.4, -0.2) is 9.13 Å². The number of hydrogen-bond acceptors (Lipinski definition) is 0. The topological polar surface area (TPSA) is 9.86 Å². The van der Waals surface area contributed by atoms with E-state index in [1.54, 1.807) is 0 Å². The van der Waals surface area contributed by atoms with Crippen LogP contribution in [0.2, 0.25) is 0 Å². The lowest BCUT2D eigenvalue weighted by Crippen LogP contribution is -1.97. The van der Waals surface area contributed by atoms with Crippen LogP contribution in [0.3, 0.4) is 0 Å². The number of nitrogens with zero attached hydrogens (tertiary/aromatic N) is 2. The molecule has 0 spiro atoms. The average molecular weight is 1020 g/mol. The first-order valence-electron chi connectivity index (χ1n) is 27.6. The zero-order chi connectivity index (χ0) is 52.9. The van der Waals surface area contributed by atoms with Gasteiger partial charge in [0.05, 0.1) is 33.4 Å². The predicted molar refractivity (Wildman–Crippen MR) is 339 cm³/mol. The Kier molecular flexibility index (Phi) is 11.6. The van der Waals surface area contributed by atoms with Crippen molar-refractivity contribution in [3.63, 3.8) is 0 Å². The van der Waals surface area contributed by atoms with Crippen molar-refractivity contribution in [1.29, 1.82) is 0 Å². The molecule has 80 heavy (non-hydrogen) atoms. The van der Waals surface area contributed by atoms with Crippen LogP contribution in [0.25, 0.3) is 144 Å². The first-order chi connectivity index (χ1) is 39.7. The van der Waals surface area contributed by atoms with Crippen molar-refractivity contribution in [2.24, 2.45) is 0 Å². The minimum atomic E-state index is 1.15. The molecule has 0 unspecified atom stereocenters. The van der Waals surface area contributed by atoms with E-state index in [2.05, 4.69) is 325 Å². The van der Waals surface area contributed by atoms with Gasteiger partial charge in [0.2, 0.25) is 0 Å². The van der Waals surface area contributed by atoms with Gasteiger partial charge in [-0.05, 0) is 139 Å². The Morgan fingerprint density at radius 1 is 0.150 bits per heavy atom. The average Bonchev–Trinajstić information content (AvgIpc) is 4.09. The standard InChI is InChI=1S/C78H52N2/c1-3-17-53(18-4-1)54-33-35-55(36-34-54)56-37-39-57(40-38-56)61-21-15-23-63(49-61)64-24-16-22-62(50-64)58-41-43-60(44-42-58)68-26-8-12-30-74(68)80-76-32-14-10-28-70(76)72-52-66(46-48-78(72)80)65-45-47-77-71(51-65)69-27-9-13-31-75(69)79(77)73-29-11-7-25-67(73)59-19-5-2-6-20-59/h1-52H. The smallest absolute Gasteiger partial charge is 0.0541 e. The van der Waals surface area contributed by atoms with Crippen molar-refractivity contribution in [3.05, 3.63) is 315 Å². The van der Waals surface area contributed by atoms with Gasteiger partial charge in [-0.15, -0.1) is 0 Å². The molecule has 2 nitrogen and oxygen atoms in total. The highest BCUT2D eigenvalue weighted by Gasteiger charge is 2.19. The van der Waals surface area contributed by atoms with E-state index < -0.39 is 0 Å². The second-order valence-corrected chi connectivity index (χ2v) is 20.8. The summed E-state index contributed by atoms with van der Waals surface area (Å²) in [6.07, 6.45) is 0. The molecule has 0 fully saturated rings. The van der Waals surface area contributed by atoms with Crippen LogP contribution in [0.1, 0.15) is 0 Å². The Balaban J connectivity index is 0.723. The van der Waals surface area contributed by atoms with Crippen LogP contribution in [0, 0.1) is 0 Å². The third-order valence-corrected chi connectivity index (χ3v) is 16.2. The maximum atomic E-state index is 2.45. The summed E-state index contributed by atoms with van der Waals surface area (Å²) in [5, 5.41) is 4.94. The lowest BCUT2D eigenvalue weighted by molar-refractivity contribution is 1.18. The second-order valence-electron chi connectivity index (χ2n) is 20.8. The highest BCUT2D eigenvalue weighted by Crippen LogP contribution is 2.42. The van der Waals surface area contributed by atoms with Gasteiger partial charge in [0.15, 0.2) is 0 Å². The lowest BCUT2D eigenvalue weighted by Gasteiger charge is -2.15. The quantitative estimate of drug-likeness (QED) is 0.129. The van der Waals surface area contributed by atoms with E-state index >= 15 is 0 Å². The van der Waals surface area contributed by atoms with E-state index in [1.807, 2.05) is 0 Å². The monoisotopic (exact) mass is 1020 g/mol. The maximum absolute atomic E-state index is 2.45. The van der Waals surface area contributed by atoms with Gasteiger partial charge in [0.1, 0.15) is 0 Å². The molecular formula is C78H52N2. The van der Waals surface area contributed by atoms with E-state index in [0.717, 1.165) is 5.69 Å². The highest BCUT2D eigenvalue weighted by molar-refractivity contribution is 6.13. The molecule has 0 atom stereocenters. The Morgan fingerprint density at radius 3 is 0.850 bits per heavy atom. The van der Waals surface area contributed by atoms with Gasteiger partial charge in [-0.2, -0.15) is 0 Å². The van der Waals surface area contributed by atoms with Crippen LogP contribution >= 0.6 is 0 Å². The molecule has 374 valence electrons. The van der Waals surface area contributed by atoms with Gasteiger partial charge in [-0.25, -0.2) is 0 Å². The van der Waals surface area contributed by atoms with Crippen LogP contribution in [0.5, 0.6) is 0 Å². The Labute approximate surface area is 466 Å². The van der Waals surface area contributed by atoms with Gasteiger partial charge < -0.3 is 9.13 Å². The fourth-order valence-corrected chi connectivity index (χ4v) is 12.2. The molecule has 0 bridgehead atoms. The molecule has 2 heteroatoms. The minimum absolute atomic E-state index is 1.15. The predicted octanol–water partition coefficient (Wildman–Crippen LogP) is 21.2. The summed E-state index contributed by atoms with van der Waals surface area (Å²) in [7, 11) is 0. The molecule has 0 saturated heterocycles. The summed E-state index contributed by atoms with van der Waals surface area (Å²) >= 11 is 0. The third-order valence-electron chi connectivity index (χ3n) is 16.2. The van der Waals surface area contributed by atoms with Gasteiger partial charge in [0.25, 0.3) is 0 Å². The Hall–Kier alpha value is -10.5. The van der Waals surface area contributed by atoms with E-state index in [4.69, 9.17) is 0 Å². The van der Waals surface area contributed by atoms with Crippen molar-refractivity contribution >= 4 is 43.6 Å². The molecule has 0 radical (unpaired) electrons. The van der Waals surface area contributed by atoms with Gasteiger partial charge in [-0.1, -0.05) is 255 Å². The Bertz CT molecular complexity index is 4770. The van der Waals surface area contributed by atoms with Crippen molar-refractivity contribution < 1.29 is 0 Å². The molecule has 0 aliphatic heterocycles. The maximum Gasteiger partial charge on any atom is 0.0541 e. The van der Waals surface area contributed by atoms with E-state index in [1.165, 1.54) is 138 Å². The summed E-state index contributed by atoms with van der Waals surface area (Å²) in [6.45, 7) is 0. The molecule has 0 saturated carbocycles. The van der Waals surface area contributed by atoms with Crippen molar-refractivity contribution in [1.82, 2.24) is 9.13 Å². The van der Waals surface area contributed by atoms with Crippen molar-refractivity contribution in [3.8, 4) is 100 Å². The SMILES string of the molecule is c1ccc(-c2ccc(-c3ccc(-c4cccc(-c5cccc(-c6ccc(-c7ccccc7-n7c8ccccc8c8cc(-c9ccc%10c(c9)c9ccccc9n%10-c9ccccc9-c9ccccc9)ccc87)cc6)c5)c4)cc3)cc2)cc1. The van der Waals surface area contributed by atoms with Crippen LogP contribution in [0.4, 0.5) is 0 Å². The summed E-state index contributed by atoms with van der Waals surface area (Å²) in [5.41, 5.74) is 26.3. The number of hydrogen-bond donors (Lipinski definition) is 0. The first-order valence-corrected chi connectivity index (χ1v) is 27.6. The fourth-order valence-electron chi connectivity index (χ4n) is 12.2. The van der Waals surface area contributed by atoms with E-state index in [9.17, 15) is 0 Å². The molecule has 0 N–H and O–H groups in total. The number of benzene rings is 13. The summed E-state index contributed by atoms with van der Waals surface area (Å²) < 4.78 is 4.89. The molecular weight excluding hydrogens is 965 g/mol.